The number of Topliss-reactive ketones (excluding diaryl/α,β-unsaturated/α-hetero) is 2. The van der Waals surface area contributed by atoms with Crippen LogP contribution >= 0.6 is 0 Å². The van der Waals surface area contributed by atoms with Crippen molar-refractivity contribution in [2.75, 3.05) is 0 Å². The van der Waals surface area contributed by atoms with Crippen molar-refractivity contribution >= 4 is 11.6 Å². The quantitative estimate of drug-likeness (QED) is 0.614. The van der Waals surface area contributed by atoms with Gasteiger partial charge in [0.15, 0.2) is 11.6 Å². The van der Waals surface area contributed by atoms with Gasteiger partial charge in [-0.25, -0.2) is 4.39 Å². The molecule has 3 rings (SSSR count). The molecular weight excluding hydrogens is 247 g/mol. The zero-order valence-corrected chi connectivity index (χ0v) is 10.3. The number of carbonyl (C=O) groups excluding carboxylic acids is 2. The Balaban J connectivity index is 1.96. The van der Waals surface area contributed by atoms with Crippen LogP contribution in [-0.2, 0) is 6.42 Å². The van der Waals surface area contributed by atoms with Crippen LogP contribution in [0.3, 0.4) is 0 Å². The molecule has 0 saturated carbocycles. The summed E-state index contributed by atoms with van der Waals surface area (Å²) in [5.74, 6) is -1.14. The van der Waals surface area contributed by atoms with Gasteiger partial charge in [0, 0.05) is 5.56 Å². The number of rotatable bonds is 2. The smallest absolute Gasteiger partial charge is 0.177 e. The van der Waals surface area contributed by atoms with Crippen LogP contribution in [0.1, 0.15) is 32.0 Å². The Labute approximate surface area is 109 Å². The molecule has 0 saturated heterocycles. The minimum atomic E-state index is -0.756. The summed E-state index contributed by atoms with van der Waals surface area (Å²) in [4.78, 5) is 24.5. The van der Waals surface area contributed by atoms with Crippen LogP contribution in [0.25, 0.3) is 0 Å². The average molecular weight is 258 g/mol. The van der Waals surface area contributed by atoms with E-state index < -0.39 is 5.92 Å². The van der Waals surface area contributed by atoms with E-state index in [0.717, 1.165) is 0 Å². The molecule has 1 aliphatic rings. The fourth-order valence-corrected chi connectivity index (χ4v) is 2.51. The van der Waals surface area contributed by atoms with Crippen LogP contribution < -0.4 is 0 Å². The maximum Gasteiger partial charge on any atom is 0.177 e. The second kappa shape index (κ2) is 4.16. The molecule has 19 heavy (non-hydrogen) atoms. The molecule has 0 radical (unpaired) electrons. The molecule has 96 valence electrons. The second-order valence-corrected chi connectivity index (χ2v) is 4.68. The molecule has 1 aromatic heterocycles. The summed E-state index contributed by atoms with van der Waals surface area (Å²) < 4.78 is 18.2. The van der Waals surface area contributed by atoms with E-state index in [-0.39, 0.29) is 23.8 Å². The predicted octanol–water partition coefficient (Wildman–Crippen LogP) is 2.97. The van der Waals surface area contributed by atoms with E-state index in [1.807, 2.05) is 0 Å². The third-order valence-corrected chi connectivity index (χ3v) is 3.51. The summed E-state index contributed by atoms with van der Waals surface area (Å²) in [6, 6.07) is 5.58. The molecule has 0 bridgehead atoms. The highest BCUT2D eigenvalue weighted by atomic mass is 19.1. The summed E-state index contributed by atoms with van der Waals surface area (Å²) in [6.07, 6.45) is 1.68. The van der Waals surface area contributed by atoms with Gasteiger partial charge in [0.25, 0.3) is 0 Å². The average Bonchev–Trinajstić information content (AvgIpc) is 2.93. The number of hydrogen-bond acceptors (Lipinski definition) is 3. The Morgan fingerprint density at radius 3 is 2.84 bits per heavy atom. The van der Waals surface area contributed by atoms with Gasteiger partial charge in [-0.15, -0.1) is 0 Å². The lowest BCUT2D eigenvalue weighted by Crippen LogP contribution is -2.21. The van der Waals surface area contributed by atoms with Crippen LogP contribution in [0.4, 0.5) is 4.39 Å². The first-order valence-corrected chi connectivity index (χ1v) is 5.99. The summed E-state index contributed by atoms with van der Waals surface area (Å²) in [5.41, 5.74) is 1.47. The molecule has 0 fully saturated rings. The fraction of sp³-hybridized carbons (Fsp3) is 0.200. The van der Waals surface area contributed by atoms with Gasteiger partial charge in [0.2, 0.25) is 0 Å². The largest absolute Gasteiger partial charge is 0.469 e. The van der Waals surface area contributed by atoms with Gasteiger partial charge >= 0.3 is 0 Å². The summed E-state index contributed by atoms with van der Waals surface area (Å²) in [5, 5.41) is 0. The van der Waals surface area contributed by atoms with Gasteiger partial charge < -0.3 is 4.42 Å². The third kappa shape index (κ3) is 1.80. The van der Waals surface area contributed by atoms with Crippen LogP contribution in [-0.4, -0.2) is 11.6 Å². The van der Waals surface area contributed by atoms with Crippen LogP contribution in [0, 0.1) is 18.7 Å². The van der Waals surface area contributed by atoms with E-state index in [1.54, 1.807) is 13.0 Å². The predicted molar refractivity (Wildman–Crippen MR) is 65.7 cm³/mol. The van der Waals surface area contributed by atoms with Crippen molar-refractivity contribution in [2.24, 2.45) is 5.92 Å². The Morgan fingerprint density at radius 2 is 2.16 bits per heavy atom. The van der Waals surface area contributed by atoms with Gasteiger partial charge in [-0.3, -0.25) is 9.59 Å². The molecule has 1 atom stereocenters. The zero-order valence-electron chi connectivity index (χ0n) is 10.3. The molecule has 4 heteroatoms. The molecule has 0 N–H and O–H groups in total. The van der Waals surface area contributed by atoms with Crippen molar-refractivity contribution in [3.05, 3.63) is 58.8 Å². The molecule has 0 aliphatic heterocycles. The van der Waals surface area contributed by atoms with Gasteiger partial charge in [0.1, 0.15) is 11.6 Å². The molecule has 0 amide bonds. The number of ketones is 2. The molecule has 2 aromatic rings. The number of aryl methyl sites for hydroxylation is 1. The van der Waals surface area contributed by atoms with Gasteiger partial charge in [-0.05, 0) is 43.2 Å². The lowest BCUT2D eigenvalue weighted by Gasteiger charge is -2.05. The van der Waals surface area contributed by atoms with E-state index in [2.05, 4.69) is 0 Å². The fourth-order valence-electron chi connectivity index (χ4n) is 2.51. The molecule has 0 spiro atoms. The van der Waals surface area contributed by atoms with Crippen molar-refractivity contribution in [2.45, 2.75) is 13.3 Å². The van der Waals surface area contributed by atoms with E-state index in [0.29, 0.717) is 22.5 Å². The monoisotopic (exact) mass is 258 g/mol. The van der Waals surface area contributed by atoms with Crippen LogP contribution in [0.5, 0.6) is 0 Å². The van der Waals surface area contributed by atoms with E-state index in [9.17, 15) is 14.0 Å². The second-order valence-electron chi connectivity index (χ2n) is 4.68. The van der Waals surface area contributed by atoms with Gasteiger partial charge in [-0.2, -0.15) is 0 Å². The Kier molecular flexibility index (Phi) is 2.59. The highest BCUT2D eigenvalue weighted by Gasteiger charge is 2.37. The standard InChI is InChI=1S/C15H11FO3/c1-8-11(4-5-19-8)14(17)13-7-9-6-10(16)2-3-12(9)15(13)18/h2-6,13H,7H2,1H3. The van der Waals surface area contributed by atoms with Crippen molar-refractivity contribution in [3.8, 4) is 0 Å². The third-order valence-electron chi connectivity index (χ3n) is 3.51. The number of halogens is 1. The number of carbonyl (C=O) groups is 2. The first-order chi connectivity index (χ1) is 9.08. The molecule has 3 nitrogen and oxygen atoms in total. The van der Waals surface area contributed by atoms with Crippen LogP contribution in [0.2, 0.25) is 0 Å². The van der Waals surface area contributed by atoms with Gasteiger partial charge in [-0.1, -0.05) is 0 Å². The first kappa shape index (κ1) is 11.8. The number of fused-ring (bicyclic) bond motifs is 1. The maximum atomic E-state index is 13.1. The van der Waals surface area contributed by atoms with Crippen molar-refractivity contribution in [1.29, 1.82) is 0 Å². The SMILES string of the molecule is Cc1occc1C(=O)C1Cc2cc(F)ccc2C1=O. The van der Waals surface area contributed by atoms with E-state index >= 15 is 0 Å². The normalized spacial score (nSPS) is 17.6. The Hall–Kier alpha value is -2.23. The summed E-state index contributed by atoms with van der Waals surface area (Å²) >= 11 is 0. The number of furan rings is 1. The van der Waals surface area contributed by atoms with E-state index in [1.165, 1.54) is 24.5 Å². The lowest BCUT2D eigenvalue weighted by atomic mass is 9.94. The summed E-state index contributed by atoms with van der Waals surface area (Å²) in [7, 11) is 0. The molecule has 1 aromatic carbocycles. The minimum absolute atomic E-state index is 0.236. The van der Waals surface area contributed by atoms with Crippen molar-refractivity contribution in [1.82, 2.24) is 0 Å². The zero-order chi connectivity index (χ0) is 13.6. The Morgan fingerprint density at radius 1 is 1.37 bits per heavy atom. The first-order valence-electron chi connectivity index (χ1n) is 5.99. The summed E-state index contributed by atoms with van der Waals surface area (Å²) in [6.45, 7) is 1.68. The Bertz CT molecular complexity index is 684. The highest BCUT2D eigenvalue weighted by Crippen LogP contribution is 2.30. The molecule has 1 heterocycles. The molecule has 1 unspecified atom stereocenters. The van der Waals surface area contributed by atoms with Crippen molar-refractivity contribution in [3.63, 3.8) is 0 Å². The number of benzene rings is 1. The van der Waals surface area contributed by atoms with Crippen molar-refractivity contribution < 1.29 is 18.4 Å². The maximum absolute atomic E-state index is 13.1. The van der Waals surface area contributed by atoms with E-state index in [4.69, 9.17) is 4.42 Å². The molecular formula is C15H11FO3. The highest BCUT2D eigenvalue weighted by molar-refractivity contribution is 6.18. The van der Waals surface area contributed by atoms with Gasteiger partial charge in [0.05, 0.1) is 17.7 Å². The van der Waals surface area contributed by atoms with Crippen LogP contribution in [0.15, 0.2) is 34.9 Å². The lowest BCUT2D eigenvalue weighted by molar-refractivity contribution is 0.0821. The number of hydrogen-bond donors (Lipinski definition) is 0. The topological polar surface area (TPSA) is 47.3 Å². The minimum Gasteiger partial charge on any atom is -0.469 e. The molecule has 1 aliphatic carbocycles.